The summed E-state index contributed by atoms with van der Waals surface area (Å²) < 4.78 is 13.3. The minimum atomic E-state index is 0.0677. The molecule has 2 aliphatic heterocycles. The van der Waals surface area contributed by atoms with E-state index >= 15 is 0 Å². The van der Waals surface area contributed by atoms with Crippen LogP contribution in [0.3, 0.4) is 0 Å². The van der Waals surface area contributed by atoms with E-state index in [0.717, 1.165) is 52.9 Å². The maximum Gasteiger partial charge on any atom is 0.233 e. The Bertz CT molecular complexity index is 1100. The molecule has 1 aromatic heterocycles. The summed E-state index contributed by atoms with van der Waals surface area (Å²) in [4.78, 5) is 15.1. The van der Waals surface area contributed by atoms with Crippen molar-refractivity contribution in [2.75, 3.05) is 25.5 Å². The summed E-state index contributed by atoms with van der Waals surface area (Å²) in [7, 11) is 0. The molecule has 5 rings (SSSR count). The number of rotatable bonds is 5. The van der Waals surface area contributed by atoms with Crippen molar-refractivity contribution in [2.45, 2.75) is 31.0 Å². The number of thioether (sulfide) groups is 1. The first kappa shape index (κ1) is 19.9. The zero-order valence-corrected chi connectivity index (χ0v) is 18.2. The van der Waals surface area contributed by atoms with Gasteiger partial charge in [0.2, 0.25) is 5.91 Å². The quantitative estimate of drug-likeness (QED) is 0.567. The molecule has 0 aliphatic carbocycles. The number of likely N-dealkylation sites (tertiary alicyclic amines) is 1. The van der Waals surface area contributed by atoms with Crippen LogP contribution in [0.4, 0.5) is 0 Å². The number of aromatic nitrogens is 3. The van der Waals surface area contributed by atoms with Gasteiger partial charge in [-0.05, 0) is 49.1 Å². The maximum absolute atomic E-state index is 13.1. The van der Waals surface area contributed by atoms with E-state index in [1.807, 2.05) is 45.9 Å². The highest BCUT2D eigenvalue weighted by Crippen LogP contribution is 2.38. The van der Waals surface area contributed by atoms with E-state index in [1.54, 1.807) is 6.33 Å². The van der Waals surface area contributed by atoms with E-state index in [2.05, 4.69) is 23.2 Å². The summed E-state index contributed by atoms with van der Waals surface area (Å²) in [6, 6.07) is 14.2. The third kappa shape index (κ3) is 3.99. The van der Waals surface area contributed by atoms with E-state index in [1.165, 1.54) is 11.8 Å². The van der Waals surface area contributed by atoms with Crippen molar-refractivity contribution in [3.63, 3.8) is 0 Å². The second kappa shape index (κ2) is 8.63. The Morgan fingerprint density at radius 1 is 1.16 bits per heavy atom. The third-order valence-corrected chi connectivity index (χ3v) is 6.67. The van der Waals surface area contributed by atoms with Crippen LogP contribution in [0.2, 0.25) is 0 Å². The van der Waals surface area contributed by atoms with Gasteiger partial charge in [-0.25, -0.2) is 0 Å². The molecule has 2 aromatic carbocycles. The largest absolute Gasteiger partial charge is 0.486 e. The first-order valence-corrected chi connectivity index (χ1v) is 11.5. The molecule has 31 heavy (non-hydrogen) atoms. The molecule has 1 fully saturated rings. The molecule has 0 spiro atoms. The van der Waals surface area contributed by atoms with Crippen LogP contribution in [-0.4, -0.2) is 51.1 Å². The summed E-state index contributed by atoms with van der Waals surface area (Å²) >= 11 is 1.43. The van der Waals surface area contributed by atoms with Crippen molar-refractivity contribution in [1.82, 2.24) is 19.7 Å². The molecule has 0 bridgehead atoms. The van der Waals surface area contributed by atoms with Gasteiger partial charge in [0.1, 0.15) is 19.5 Å². The topological polar surface area (TPSA) is 69.5 Å². The van der Waals surface area contributed by atoms with Crippen molar-refractivity contribution >= 4 is 17.7 Å². The summed E-state index contributed by atoms with van der Waals surface area (Å²) in [6.45, 7) is 3.95. The molecular formula is C23H24N4O3S. The molecule has 8 heteroatoms. The van der Waals surface area contributed by atoms with Gasteiger partial charge >= 0.3 is 0 Å². The summed E-state index contributed by atoms with van der Waals surface area (Å²) in [5.41, 5.74) is 3.26. The molecule has 160 valence electrons. The summed E-state index contributed by atoms with van der Waals surface area (Å²) in [6.07, 6.45) is 3.65. The van der Waals surface area contributed by atoms with Crippen LogP contribution in [0.1, 0.15) is 30.0 Å². The van der Waals surface area contributed by atoms with Crippen molar-refractivity contribution in [3.8, 4) is 17.2 Å². The van der Waals surface area contributed by atoms with Crippen molar-refractivity contribution < 1.29 is 14.3 Å². The molecule has 1 atom stereocenters. The summed E-state index contributed by atoms with van der Waals surface area (Å²) in [5, 5.41) is 9.01. The number of benzene rings is 2. The van der Waals surface area contributed by atoms with Crippen LogP contribution in [0.25, 0.3) is 5.69 Å². The van der Waals surface area contributed by atoms with E-state index < -0.39 is 0 Å². The predicted octanol–water partition coefficient (Wildman–Crippen LogP) is 3.80. The fourth-order valence-electron chi connectivity index (χ4n) is 4.21. The van der Waals surface area contributed by atoms with Gasteiger partial charge in [0.05, 0.1) is 17.5 Å². The first-order valence-electron chi connectivity index (χ1n) is 10.5. The number of hydrogen-bond acceptors (Lipinski definition) is 6. The van der Waals surface area contributed by atoms with Crippen molar-refractivity contribution in [2.24, 2.45) is 0 Å². The Labute approximate surface area is 185 Å². The molecule has 2 aliphatic rings. The standard InChI is InChI=1S/C23H24N4O3S/c1-16-5-2-3-6-18(16)27-15-24-25-23(27)31-14-22(28)26-10-4-7-19(26)17-8-9-20-21(13-17)30-12-11-29-20/h2-3,5-6,8-9,13,15,19H,4,7,10-12,14H2,1H3/t19-/m1/s1. The lowest BCUT2D eigenvalue weighted by Gasteiger charge is -2.26. The second-order valence-electron chi connectivity index (χ2n) is 7.71. The van der Waals surface area contributed by atoms with Gasteiger partial charge < -0.3 is 14.4 Å². The number of hydrogen-bond donors (Lipinski definition) is 0. The SMILES string of the molecule is Cc1ccccc1-n1cnnc1SCC(=O)N1CCC[C@@H]1c1ccc2c(c1)OCCO2. The molecule has 7 nitrogen and oxygen atoms in total. The first-order chi connectivity index (χ1) is 15.2. The highest BCUT2D eigenvalue weighted by atomic mass is 32.2. The van der Waals surface area contributed by atoms with Crippen molar-refractivity contribution in [3.05, 3.63) is 59.9 Å². The Morgan fingerprint density at radius 2 is 2.00 bits per heavy atom. The number of amides is 1. The lowest BCUT2D eigenvalue weighted by atomic mass is 10.0. The van der Waals surface area contributed by atoms with Crippen LogP contribution >= 0.6 is 11.8 Å². The Kier molecular flexibility index (Phi) is 5.55. The number of nitrogens with zero attached hydrogens (tertiary/aromatic N) is 4. The fraction of sp³-hybridized carbons (Fsp3) is 0.348. The van der Waals surface area contributed by atoms with Crippen molar-refractivity contribution in [1.29, 1.82) is 0 Å². The highest BCUT2D eigenvalue weighted by Gasteiger charge is 2.31. The highest BCUT2D eigenvalue weighted by molar-refractivity contribution is 7.99. The second-order valence-corrected chi connectivity index (χ2v) is 8.65. The lowest BCUT2D eigenvalue weighted by molar-refractivity contribution is -0.129. The zero-order valence-electron chi connectivity index (χ0n) is 17.4. The number of ether oxygens (including phenoxy) is 2. The number of carbonyl (C=O) groups excluding carboxylic acids is 1. The predicted molar refractivity (Wildman–Crippen MR) is 118 cm³/mol. The van der Waals surface area contributed by atoms with Gasteiger partial charge in [-0.3, -0.25) is 9.36 Å². The Balaban J connectivity index is 1.29. The van der Waals surface area contributed by atoms with E-state index in [0.29, 0.717) is 19.0 Å². The van der Waals surface area contributed by atoms with Crippen LogP contribution in [0.5, 0.6) is 11.5 Å². The zero-order chi connectivity index (χ0) is 21.2. The molecule has 0 unspecified atom stereocenters. The lowest BCUT2D eigenvalue weighted by Crippen LogP contribution is -2.32. The maximum atomic E-state index is 13.1. The smallest absolute Gasteiger partial charge is 0.233 e. The molecule has 1 saturated heterocycles. The van der Waals surface area contributed by atoms with Crippen LogP contribution in [0, 0.1) is 6.92 Å². The minimum Gasteiger partial charge on any atom is -0.486 e. The molecule has 1 amide bonds. The van der Waals surface area contributed by atoms with Crippen LogP contribution in [-0.2, 0) is 4.79 Å². The van der Waals surface area contributed by atoms with Gasteiger partial charge in [0.15, 0.2) is 16.7 Å². The van der Waals surface area contributed by atoms with Crippen LogP contribution in [0.15, 0.2) is 53.9 Å². The third-order valence-electron chi connectivity index (χ3n) is 5.74. The average molecular weight is 437 g/mol. The number of aryl methyl sites for hydroxylation is 1. The number of fused-ring (bicyclic) bond motifs is 1. The van der Waals surface area contributed by atoms with Gasteiger partial charge in [-0.1, -0.05) is 36.0 Å². The van der Waals surface area contributed by atoms with Gasteiger partial charge in [0.25, 0.3) is 0 Å². The van der Waals surface area contributed by atoms with E-state index in [-0.39, 0.29) is 11.9 Å². The van der Waals surface area contributed by atoms with Gasteiger partial charge in [-0.2, -0.15) is 0 Å². The monoisotopic (exact) mass is 436 g/mol. The minimum absolute atomic E-state index is 0.0677. The normalized spacial score (nSPS) is 17.7. The molecule has 3 heterocycles. The molecule has 0 N–H and O–H groups in total. The number of carbonyl (C=O) groups is 1. The molecule has 3 aromatic rings. The fourth-order valence-corrected chi connectivity index (χ4v) is 5.02. The molecule has 0 radical (unpaired) electrons. The summed E-state index contributed by atoms with van der Waals surface area (Å²) in [5.74, 6) is 1.98. The van der Waals surface area contributed by atoms with E-state index in [9.17, 15) is 4.79 Å². The van der Waals surface area contributed by atoms with Gasteiger partial charge in [-0.15, -0.1) is 10.2 Å². The average Bonchev–Trinajstić information content (AvgIpc) is 3.47. The Morgan fingerprint density at radius 3 is 2.87 bits per heavy atom. The Hall–Kier alpha value is -3.00. The molecule has 0 saturated carbocycles. The van der Waals surface area contributed by atoms with Gasteiger partial charge in [0, 0.05) is 6.54 Å². The molecular weight excluding hydrogens is 412 g/mol. The van der Waals surface area contributed by atoms with Crippen LogP contribution < -0.4 is 9.47 Å². The number of para-hydroxylation sites is 1. The van der Waals surface area contributed by atoms with E-state index in [4.69, 9.17) is 9.47 Å².